The number of aliphatic hydroxyl groups is 1. The molecule has 0 bridgehead atoms. The molecule has 17 heavy (non-hydrogen) atoms. The van der Waals surface area contributed by atoms with Crippen LogP contribution in [0.4, 0.5) is 5.69 Å². The Kier molecular flexibility index (Phi) is 3.66. The predicted octanol–water partition coefficient (Wildman–Crippen LogP) is 1.70. The summed E-state index contributed by atoms with van der Waals surface area (Å²) in [4.78, 5) is 11.0. The molecule has 0 atom stereocenters. The first-order chi connectivity index (χ1) is 8.15. The molecule has 2 rings (SSSR count). The van der Waals surface area contributed by atoms with E-state index in [1.165, 1.54) is 12.1 Å². The maximum atomic E-state index is 10.5. The van der Waals surface area contributed by atoms with Crippen LogP contribution in [0.2, 0.25) is 0 Å². The van der Waals surface area contributed by atoms with Gasteiger partial charge in [0, 0.05) is 28.2 Å². The van der Waals surface area contributed by atoms with Gasteiger partial charge in [-0.25, -0.2) is 0 Å². The third-order valence-corrected chi connectivity index (χ3v) is 4.11. The maximum Gasteiger partial charge on any atom is 0.269 e. The van der Waals surface area contributed by atoms with Gasteiger partial charge in [0.05, 0.1) is 24.7 Å². The van der Waals surface area contributed by atoms with E-state index in [0.29, 0.717) is 13.2 Å². The Labute approximate surface area is 103 Å². The minimum Gasteiger partial charge on any atom is -0.396 e. The molecule has 0 amide bonds. The van der Waals surface area contributed by atoms with Gasteiger partial charge in [-0.05, 0) is 12.1 Å². The number of nitro groups is 1. The number of nitrogens with zero attached hydrogens (tertiary/aromatic N) is 1. The lowest BCUT2D eigenvalue weighted by Crippen LogP contribution is -2.47. The van der Waals surface area contributed by atoms with Gasteiger partial charge in [-0.1, -0.05) is 0 Å². The van der Waals surface area contributed by atoms with Crippen LogP contribution in [-0.4, -0.2) is 35.6 Å². The van der Waals surface area contributed by atoms with Crippen LogP contribution in [-0.2, 0) is 4.74 Å². The minimum absolute atomic E-state index is 0.0956. The molecule has 92 valence electrons. The van der Waals surface area contributed by atoms with Crippen LogP contribution in [0, 0.1) is 15.5 Å². The van der Waals surface area contributed by atoms with E-state index in [0.717, 1.165) is 10.6 Å². The monoisotopic (exact) mass is 255 g/mol. The van der Waals surface area contributed by atoms with E-state index in [1.807, 2.05) is 0 Å². The number of nitro benzene ring substituents is 1. The summed E-state index contributed by atoms with van der Waals surface area (Å²) in [5, 5.41) is 19.7. The Morgan fingerprint density at radius 2 is 2.06 bits per heavy atom. The van der Waals surface area contributed by atoms with Crippen molar-refractivity contribution in [1.29, 1.82) is 0 Å². The maximum absolute atomic E-state index is 10.5. The highest BCUT2D eigenvalue weighted by Gasteiger charge is 2.37. The fourth-order valence-electron chi connectivity index (χ4n) is 1.51. The zero-order chi connectivity index (χ0) is 12.3. The molecule has 1 saturated heterocycles. The topological polar surface area (TPSA) is 72.6 Å². The molecule has 1 heterocycles. The van der Waals surface area contributed by atoms with E-state index in [1.54, 1.807) is 23.9 Å². The summed E-state index contributed by atoms with van der Waals surface area (Å²) < 4.78 is 5.11. The highest BCUT2D eigenvalue weighted by molar-refractivity contribution is 7.99. The number of rotatable bonds is 5. The quantitative estimate of drug-likeness (QED) is 0.492. The third kappa shape index (κ3) is 2.77. The van der Waals surface area contributed by atoms with Crippen molar-refractivity contribution < 1.29 is 14.8 Å². The summed E-state index contributed by atoms with van der Waals surface area (Å²) in [6, 6.07) is 6.44. The van der Waals surface area contributed by atoms with Crippen molar-refractivity contribution in [3.63, 3.8) is 0 Å². The highest BCUT2D eigenvalue weighted by atomic mass is 32.2. The fourth-order valence-corrected chi connectivity index (χ4v) is 2.57. The van der Waals surface area contributed by atoms with Crippen LogP contribution in [0.5, 0.6) is 0 Å². The molecule has 0 saturated carbocycles. The van der Waals surface area contributed by atoms with Gasteiger partial charge >= 0.3 is 0 Å². The number of hydrogen-bond acceptors (Lipinski definition) is 5. The van der Waals surface area contributed by atoms with Crippen molar-refractivity contribution in [2.45, 2.75) is 4.90 Å². The number of benzene rings is 1. The molecule has 1 aromatic rings. The van der Waals surface area contributed by atoms with E-state index in [9.17, 15) is 15.2 Å². The second-order valence-electron chi connectivity index (χ2n) is 4.19. The van der Waals surface area contributed by atoms with Crippen molar-refractivity contribution in [2.24, 2.45) is 5.41 Å². The lowest BCUT2D eigenvalue weighted by molar-refractivity contribution is -0.384. The van der Waals surface area contributed by atoms with Crippen molar-refractivity contribution in [3.8, 4) is 0 Å². The normalized spacial score (nSPS) is 17.5. The molecule has 1 aromatic carbocycles. The number of ether oxygens (including phenoxy) is 1. The Morgan fingerprint density at radius 3 is 2.47 bits per heavy atom. The van der Waals surface area contributed by atoms with Crippen LogP contribution in [0.3, 0.4) is 0 Å². The zero-order valence-electron chi connectivity index (χ0n) is 9.17. The van der Waals surface area contributed by atoms with Crippen LogP contribution in [0.15, 0.2) is 29.2 Å². The molecule has 0 aliphatic carbocycles. The van der Waals surface area contributed by atoms with E-state index in [-0.39, 0.29) is 17.7 Å². The largest absolute Gasteiger partial charge is 0.396 e. The van der Waals surface area contributed by atoms with Gasteiger partial charge in [0.15, 0.2) is 0 Å². The molecule has 6 heteroatoms. The molecule has 1 aliphatic rings. The first-order valence-electron chi connectivity index (χ1n) is 5.21. The van der Waals surface area contributed by atoms with Crippen LogP contribution >= 0.6 is 11.8 Å². The Morgan fingerprint density at radius 1 is 1.41 bits per heavy atom. The van der Waals surface area contributed by atoms with Crippen LogP contribution < -0.4 is 0 Å². The van der Waals surface area contributed by atoms with E-state index in [2.05, 4.69) is 0 Å². The molecule has 0 spiro atoms. The Hall–Kier alpha value is -1.11. The first kappa shape index (κ1) is 12.3. The number of thioether (sulfide) groups is 1. The highest BCUT2D eigenvalue weighted by Crippen LogP contribution is 2.34. The fraction of sp³-hybridized carbons (Fsp3) is 0.455. The van der Waals surface area contributed by atoms with Crippen molar-refractivity contribution in [3.05, 3.63) is 34.4 Å². The second kappa shape index (κ2) is 5.03. The van der Waals surface area contributed by atoms with Gasteiger partial charge in [-0.15, -0.1) is 11.8 Å². The summed E-state index contributed by atoms with van der Waals surface area (Å²) in [6.07, 6.45) is 0. The minimum atomic E-state index is -0.413. The van der Waals surface area contributed by atoms with Gasteiger partial charge in [0.25, 0.3) is 5.69 Å². The predicted molar refractivity (Wildman–Crippen MR) is 64.2 cm³/mol. The molecule has 1 N–H and O–H groups in total. The zero-order valence-corrected chi connectivity index (χ0v) is 9.98. The Bertz CT molecular complexity index is 397. The van der Waals surface area contributed by atoms with Crippen molar-refractivity contribution in [2.75, 3.05) is 25.6 Å². The van der Waals surface area contributed by atoms with Crippen molar-refractivity contribution in [1.82, 2.24) is 0 Å². The summed E-state index contributed by atoms with van der Waals surface area (Å²) in [7, 11) is 0. The summed E-state index contributed by atoms with van der Waals surface area (Å²) in [5.74, 6) is 0.765. The van der Waals surface area contributed by atoms with Gasteiger partial charge in [0.1, 0.15) is 0 Å². The van der Waals surface area contributed by atoms with E-state index in [4.69, 9.17) is 4.74 Å². The van der Waals surface area contributed by atoms with Crippen LogP contribution in [0.1, 0.15) is 0 Å². The van der Waals surface area contributed by atoms with Gasteiger partial charge < -0.3 is 9.84 Å². The van der Waals surface area contributed by atoms with Crippen molar-refractivity contribution >= 4 is 17.4 Å². The summed E-state index contributed by atoms with van der Waals surface area (Å²) in [5.41, 5.74) is -0.0369. The Balaban J connectivity index is 1.93. The molecule has 1 fully saturated rings. The molecular formula is C11H13NO4S. The van der Waals surface area contributed by atoms with Crippen LogP contribution in [0.25, 0.3) is 0 Å². The smallest absolute Gasteiger partial charge is 0.269 e. The molecule has 5 nitrogen and oxygen atoms in total. The molecule has 1 aliphatic heterocycles. The summed E-state index contributed by atoms with van der Waals surface area (Å²) in [6.45, 7) is 1.29. The second-order valence-corrected chi connectivity index (χ2v) is 5.24. The van der Waals surface area contributed by atoms with E-state index >= 15 is 0 Å². The SMILES string of the molecule is O=[N+]([O-])c1ccc(SCC2(CO)COC2)cc1. The lowest BCUT2D eigenvalue weighted by Gasteiger charge is -2.39. The standard InChI is InChI=1S/C11H13NO4S/c13-5-11(6-16-7-11)8-17-10-3-1-9(2-4-10)12(14)15/h1-4,13H,5-8H2. The number of non-ortho nitro benzene ring substituents is 1. The van der Waals surface area contributed by atoms with Gasteiger partial charge in [0.2, 0.25) is 0 Å². The first-order valence-corrected chi connectivity index (χ1v) is 6.20. The summed E-state index contributed by atoms with van der Waals surface area (Å²) >= 11 is 1.59. The molecule has 0 aromatic heterocycles. The molecule has 0 unspecified atom stereocenters. The average molecular weight is 255 g/mol. The number of aliphatic hydroxyl groups excluding tert-OH is 1. The average Bonchev–Trinajstić information content (AvgIpc) is 2.29. The molecular weight excluding hydrogens is 242 g/mol. The van der Waals surface area contributed by atoms with Gasteiger partial charge in [-0.2, -0.15) is 0 Å². The third-order valence-electron chi connectivity index (χ3n) is 2.74. The van der Waals surface area contributed by atoms with E-state index < -0.39 is 4.92 Å². The molecule has 0 radical (unpaired) electrons. The lowest BCUT2D eigenvalue weighted by atomic mass is 9.90. The number of hydrogen-bond donors (Lipinski definition) is 1. The van der Waals surface area contributed by atoms with Gasteiger partial charge in [-0.3, -0.25) is 10.1 Å².